The first-order valence-electron chi connectivity index (χ1n) is 8.56. The van der Waals surface area contributed by atoms with Crippen molar-refractivity contribution in [2.45, 2.75) is 0 Å². The molecule has 0 aliphatic carbocycles. The number of anilines is 3. The number of thiazole rings is 1. The molecule has 0 fully saturated rings. The zero-order valence-electron chi connectivity index (χ0n) is 15.1. The molecule has 0 atom stereocenters. The van der Waals surface area contributed by atoms with Gasteiger partial charge in [-0.25, -0.2) is 14.3 Å². The number of carbonyl (C=O) groups is 3. The van der Waals surface area contributed by atoms with Gasteiger partial charge in [-0.2, -0.15) is 0 Å². The van der Waals surface area contributed by atoms with Crippen LogP contribution in [0.25, 0.3) is 0 Å². The Bertz CT molecular complexity index is 1180. The van der Waals surface area contributed by atoms with Gasteiger partial charge in [0.2, 0.25) is 0 Å². The van der Waals surface area contributed by atoms with Crippen molar-refractivity contribution in [2.24, 2.45) is 0 Å². The highest BCUT2D eigenvalue weighted by Gasteiger charge is 2.40. The van der Waals surface area contributed by atoms with Crippen molar-refractivity contribution in [1.29, 1.82) is 0 Å². The maximum atomic E-state index is 14.1. The van der Waals surface area contributed by atoms with E-state index in [2.05, 4.69) is 15.6 Å². The number of benzene rings is 2. The minimum Gasteiger partial charge on any atom is -0.350 e. The zero-order chi connectivity index (χ0) is 21.3. The van der Waals surface area contributed by atoms with E-state index in [0.29, 0.717) is 21.3 Å². The topological polar surface area (TPSA) is 91.4 Å². The highest BCUT2D eigenvalue weighted by molar-refractivity contribution is 7.13. The smallest absolute Gasteiger partial charge is 0.283 e. The SMILES string of the molecule is O=C(Nc1nccs1)c1ccc(NC2=C(Cl)C(=O)N(c3ccccc3F)C2=O)cc1. The minimum atomic E-state index is -0.825. The monoisotopic (exact) mass is 442 g/mol. The van der Waals surface area contributed by atoms with Crippen molar-refractivity contribution in [1.82, 2.24) is 4.98 Å². The van der Waals surface area contributed by atoms with E-state index in [4.69, 9.17) is 11.6 Å². The van der Waals surface area contributed by atoms with Crippen molar-refractivity contribution in [3.8, 4) is 0 Å². The van der Waals surface area contributed by atoms with Gasteiger partial charge in [-0.3, -0.25) is 19.7 Å². The van der Waals surface area contributed by atoms with Gasteiger partial charge < -0.3 is 5.32 Å². The summed E-state index contributed by atoms with van der Waals surface area (Å²) in [7, 11) is 0. The fourth-order valence-corrected chi connectivity index (χ4v) is 3.50. The molecule has 30 heavy (non-hydrogen) atoms. The Morgan fingerprint density at radius 3 is 2.47 bits per heavy atom. The van der Waals surface area contributed by atoms with Crippen LogP contribution in [0.2, 0.25) is 0 Å². The van der Waals surface area contributed by atoms with Crippen LogP contribution < -0.4 is 15.5 Å². The molecular formula is C20H12ClFN4O3S. The third-order valence-electron chi connectivity index (χ3n) is 4.19. The van der Waals surface area contributed by atoms with Crippen LogP contribution >= 0.6 is 22.9 Å². The van der Waals surface area contributed by atoms with E-state index >= 15 is 0 Å². The van der Waals surface area contributed by atoms with Gasteiger partial charge in [0.1, 0.15) is 16.5 Å². The Hall–Kier alpha value is -3.56. The van der Waals surface area contributed by atoms with E-state index in [0.717, 1.165) is 6.07 Å². The van der Waals surface area contributed by atoms with Crippen LogP contribution in [0.5, 0.6) is 0 Å². The highest BCUT2D eigenvalue weighted by atomic mass is 35.5. The lowest BCUT2D eigenvalue weighted by molar-refractivity contribution is -0.120. The summed E-state index contributed by atoms with van der Waals surface area (Å²) in [5, 5.41) is 7.29. The first-order chi connectivity index (χ1) is 14.5. The van der Waals surface area contributed by atoms with E-state index in [1.807, 2.05) is 0 Å². The second-order valence-corrected chi connectivity index (χ2v) is 7.35. The standard InChI is InChI=1S/C20H12ClFN4O3S/c21-15-16(19(29)26(18(15)28)14-4-2-1-3-13(14)22)24-12-7-5-11(6-8-12)17(27)25-20-23-9-10-30-20/h1-10,24H,(H,23,25,27). The Kier molecular flexibility index (Phi) is 5.30. The summed E-state index contributed by atoms with van der Waals surface area (Å²) >= 11 is 7.34. The molecule has 3 aromatic rings. The van der Waals surface area contributed by atoms with Crippen LogP contribution in [0.4, 0.5) is 20.9 Å². The zero-order valence-corrected chi connectivity index (χ0v) is 16.6. The van der Waals surface area contributed by atoms with Crippen LogP contribution in [0, 0.1) is 5.82 Å². The molecule has 150 valence electrons. The summed E-state index contributed by atoms with van der Waals surface area (Å²) in [5.74, 6) is -2.67. The normalized spacial score (nSPS) is 13.7. The second kappa shape index (κ2) is 8.05. The van der Waals surface area contributed by atoms with Crippen LogP contribution in [0.3, 0.4) is 0 Å². The van der Waals surface area contributed by atoms with Crippen molar-refractivity contribution < 1.29 is 18.8 Å². The molecule has 0 unspecified atom stereocenters. The molecule has 10 heteroatoms. The Morgan fingerprint density at radius 2 is 1.80 bits per heavy atom. The number of carbonyl (C=O) groups excluding carboxylic acids is 3. The number of amides is 3. The first-order valence-corrected chi connectivity index (χ1v) is 9.82. The lowest BCUT2D eigenvalue weighted by Gasteiger charge is -2.15. The molecule has 2 heterocycles. The fourth-order valence-electron chi connectivity index (χ4n) is 2.77. The van der Waals surface area contributed by atoms with Gasteiger partial charge in [-0.1, -0.05) is 23.7 Å². The number of imide groups is 1. The summed E-state index contributed by atoms with van der Waals surface area (Å²) in [5.41, 5.74) is 0.435. The van der Waals surface area contributed by atoms with Gasteiger partial charge >= 0.3 is 0 Å². The molecule has 1 aliphatic heterocycles. The predicted molar refractivity (Wildman–Crippen MR) is 112 cm³/mol. The molecule has 7 nitrogen and oxygen atoms in total. The number of para-hydroxylation sites is 1. The Balaban J connectivity index is 1.51. The number of hydrogen-bond acceptors (Lipinski definition) is 6. The summed E-state index contributed by atoms with van der Waals surface area (Å²) in [4.78, 5) is 42.0. The summed E-state index contributed by atoms with van der Waals surface area (Å²) in [6.07, 6.45) is 1.58. The van der Waals surface area contributed by atoms with E-state index < -0.39 is 17.6 Å². The molecule has 0 radical (unpaired) electrons. The number of aromatic nitrogens is 1. The summed E-state index contributed by atoms with van der Waals surface area (Å²) in [6.45, 7) is 0. The molecular weight excluding hydrogens is 431 g/mol. The van der Waals surface area contributed by atoms with Crippen molar-refractivity contribution in [3.05, 3.63) is 82.2 Å². The number of hydrogen-bond donors (Lipinski definition) is 2. The maximum Gasteiger partial charge on any atom is 0.283 e. The molecule has 1 aromatic heterocycles. The predicted octanol–water partition coefficient (Wildman–Crippen LogP) is 3.97. The van der Waals surface area contributed by atoms with E-state index in [1.54, 1.807) is 23.7 Å². The van der Waals surface area contributed by atoms with E-state index in [-0.39, 0.29) is 22.3 Å². The maximum absolute atomic E-state index is 14.1. The van der Waals surface area contributed by atoms with E-state index in [9.17, 15) is 18.8 Å². The molecule has 0 spiro atoms. The first kappa shape index (κ1) is 19.7. The number of halogens is 2. The number of rotatable bonds is 5. The molecule has 1 aliphatic rings. The molecule has 2 aromatic carbocycles. The molecule has 0 saturated heterocycles. The average Bonchev–Trinajstić information content (AvgIpc) is 3.32. The van der Waals surface area contributed by atoms with Crippen molar-refractivity contribution in [2.75, 3.05) is 15.5 Å². The van der Waals surface area contributed by atoms with Crippen LogP contribution in [-0.4, -0.2) is 22.7 Å². The van der Waals surface area contributed by atoms with Crippen molar-refractivity contribution in [3.63, 3.8) is 0 Å². The van der Waals surface area contributed by atoms with Crippen LogP contribution in [0.1, 0.15) is 10.4 Å². The second-order valence-electron chi connectivity index (χ2n) is 6.08. The molecule has 0 saturated carbocycles. The third-order valence-corrected chi connectivity index (χ3v) is 5.23. The minimum absolute atomic E-state index is 0.176. The highest BCUT2D eigenvalue weighted by Crippen LogP contribution is 2.31. The van der Waals surface area contributed by atoms with Crippen LogP contribution in [-0.2, 0) is 9.59 Å². The van der Waals surface area contributed by atoms with Gasteiger partial charge in [-0.15, -0.1) is 11.3 Å². The van der Waals surface area contributed by atoms with Crippen LogP contribution in [0.15, 0.2) is 70.8 Å². The van der Waals surface area contributed by atoms with Gasteiger partial charge in [0.15, 0.2) is 5.13 Å². The largest absolute Gasteiger partial charge is 0.350 e. The quantitative estimate of drug-likeness (QED) is 0.583. The average molecular weight is 443 g/mol. The summed E-state index contributed by atoms with van der Waals surface area (Å²) in [6, 6.07) is 11.6. The Morgan fingerprint density at radius 1 is 1.07 bits per heavy atom. The van der Waals surface area contributed by atoms with Gasteiger partial charge in [0, 0.05) is 22.8 Å². The molecule has 3 amide bonds. The number of nitrogens with one attached hydrogen (secondary N) is 2. The Labute approximate surface area is 178 Å². The molecule has 0 bridgehead atoms. The molecule has 2 N–H and O–H groups in total. The van der Waals surface area contributed by atoms with Crippen molar-refractivity contribution >= 4 is 57.2 Å². The summed E-state index contributed by atoms with van der Waals surface area (Å²) < 4.78 is 14.1. The van der Waals surface area contributed by atoms with E-state index in [1.165, 1.54) is 41.7 Å². The molecule has 4 rings (SSSR count). The van der Waals surface area contributed by atoms with Gasteiger partial charge in [-0.05, 0) is 36.4 Å². The third kappa shape index (κ3) is 3.68. The lowest BCUT2D eigenvalue weighted by Crippen LogP contribution is -2.33. The van der Waals surface area contributed by atoms with Gasteiger partial charge in [0.25, 0.3) is 17.7 Å². The fraction of sp³-hybridized carbons (Fsp3) is 0. The lowest BCUT2D eigenvalue weighted by atomic mass is 10.2. The van der Waals surface area contributed by atoms with Gasteiger partial charge in [0.05, 0.1) is 5.69 Å². The number of nitrogens with zero attached hydrogens (tertiary/aromatic N) is 2.